The highest BCUT2D eigenvalue weighted by molar-refractivity contribution is 6.08. The molecule has 1 amide bonds. The summed E-state index contributed by atoms with van der Waals surface area (Å²) in [5.41, 5.74) is 6.14. The summed E-state index contributed by atoms with van der Waals surface area (Å²) in [7, 11) is 0. The quantitative estimate of drug-likeness (QED) is 0.220. The summed E-state index contributed by atoms with van der Waals surface area (Å²) >= 11 is 0. The Hall–Kier alpha value is -5.74. The molecule has 6 aromatic rings. The van der Waals surface area contributed by atoms with E-state index in [2.05, 4.69) is 45.2 Å². The zero-order valence-corrected chi connectivity index (χ0v) is 23.1. The number of carbonyl (C=O) groups excluding carboxylic acids is 1. The molecule has 7 nitrogen and oxygen atoms in total. The summed E-state index contributed by atoms with van der Waals surface area (Å²) in [6, 6.07) is 32.4. The molecule has 0 atom stereocenters. The van der Waals surface area contributed by atoms with Gasteiger partial charge in [-0.15, -0.1) is 0 Å². The summed E-state index contributed by atoms with van der Waals surface area (Å²) in [4.78, 5) is 30.0. The van der Waals surface area contributed by atoms with Gasteiger partial charge in [0.15, 0.2) is 0 Å². The molecule has 1 fully saturated rings. The van der Waals surface area contributed by atoms with E-state index in [1.807, 2.05) is 48.7 Å². The summed E-state index contributed by atoms with van der Waals surface area (Å²) in [5.74, 6) is -1.19. The third-order valence-corrected chi connectivity index (χ3v) is 8.24. The van der Waals surface area contributed by atoms with Gasteiger partial charge in [0.25, 0.3) is 5.91 Å². The molecule has 7 rings (SSSR count). The van der Waals surface area contributed by atoms with Gasteiger partial charge in [-0.2, -0.15) is 5.26 Å². The van der Waals surface area contributed by atoms with Crippen molar-refractivity contribution >= 4 is 33.7 Å². The van der Waals surface area contributed by atoms with Gasteiger partial charge in [-0.25, -0.2) is 4.79 Å². The van der Waals surface area contributed by atoms with Crippen molar-refractivity contribution in [1.29, 1.82) is 5.26 Å². The molecule has 2 N–H and O–H groups in total. The zero-order valence-electron chi connectivity index (χ0n) is 23.1. The lowest BCUT2D eigenvalue weighted by atomic mass is 9.97. The van der Waals surface area contributed by atoms with E-state index in [1.54, 1.807) is 36.5 Å². The van der Waals surface area contributed by atoms with Gasteiger partial charge in [-0.3, -0.25) is 9.78 Å². The number of rotatable bonds is 7. The Kier molecular flexibility index (Phi) is 6.25. The van der Waals surface area contributed by atoms with Crippen LogP contribution in [0.15, 0.2) is 109 Å². The first-order valence-corrected chi connectivity index (χ1v) is 14.1. The average molecular weight is 563 g/mol. The fourth-order valence-corrected chi connectivity index (χ4v) is 5.82. The number of aromatic carboxylic acids is 1. The van der Waals surface area contributed by atoms with Crippen molar-refractivity contribution < 1.29 is 14.7 Å². The topological polar surface area (TPSA) is 108 Å². The predicted octanol–water partition coefficient (Wildman–Crippen LogP) is 6.89. The minimum Gasteiger partial charge on any atom is -0.478 e. The van der Waals surface area contributed by atoms with Crippen molar-refractivity contribution in [3.63, 3.8) is 0 Å². The molecule has 0 bridgehead atoms. The van der Waals surface area contributed by atoms with Crippen LogP contribution >= 0.6 is 0 Å². The van der Waals surface area contributed by atoms with E-state index in [1.165, 1.54) is 0 Å². The van der Waals surface area contributed by atoms with Gasteiger partial charge < -0.3 is 15.0 Å². The maximum absolute atomic E-state index is 14.2. The molecule has 1 aliphatic carbocycles. The van der Waals surface area contributed by atoms with Crippen molar-refractivity contribution in [2.75, 3.05) is 0 Å². The van der Waals surface area contributed by atoms with Gasteiger partial charge in [-0.05, 0) is 89.7 Å². The van der Waals surface area contributed by atoms with Gasteiger partial charge in [0.1, 0.15) is 0 Å². The highest BCUT2D eigenvalue weighted by atomic mass is 16.4. The molecule has 0 spiro atoms. The summed E-state index contributed by atoms with van der Waals surface area (Å²) in [6.45, 7) is 0.557. The van der Waals surface area contributed by atoms with E-state index in [9.17, 15) is 20.0 Å². The summed E-state index contributed by atoms with van der Waals surface area (Å²) in [6.07, 6.45) is 5.31. The van der Waals surface area contributed by atoms with Crippen LogP contribution in [0.5, 0.6) is 0 Å². The second-order valence-corrected chi connectivity index (χ2v) is 11.0. The Morgan fingerprint density at radius 2 is 1.74 bits per heavy atom. The molecular weight excluding hydrogens is 536 g/mol. The minimum atomic E-state index is -0.983. The number of carboxylic acids is 1. The van der Waals surface area contributed by atoms with E-state index in [-0.39, 0.29) is 11.5 Å². The number of fused-ring (bicyclic) bond motifs is 2. The molecule has 4 aromatic carbocycles. The highest BCUT2D eigenvalue weighted by Gasteiger charge is 2.46. The van der Waals surface area contributed by atoms with E-state index in [0.29, 0.717) is 17.7 Å². The number of pyridine rings is 1. The zero-order chi connectivity index (χ0) is 29.6. The standard InChI is InChI=1S/C36H26N4O3/c37-21-23-3-1-4-27(17-23)29-19-28-12-16-40(22-24-6-7-25-5-2-15-38-32(25)18-24)33(28)31(20-29)34(41)39-36(13-14-36)30-10-8-26(9-11-30)35(42)43/h1-12,15-20H,13-14,22H2,(H,39,41)(H,42,43). The lowest BCUT2D eigenvalue weighted by Gasteiger charge is -2.20. The minimum absolute atomic E-state index is 0.205. The summed E-state index contributed by atoms with van der Waals surface area (Å²) < 4.78 is 2.09. The van der Waals surface area contributed by atoms with E-state index < -0.39 is 11.5 Å². The van der Waals surface area contributed by atoms with E-state index in [0.717, 1.165) is 56.9 Å². The van der Waals surface area contributed by atoms with Crippen LogP contribution in [0.4, 0.5) is 0 Å². The largest absolute Gasteiger partial charge is 0.478 e. The van der Waals surface area contributed by atoms with Crippen molar-refractivity contribution in [1.82, 2.24) is 14.9 Å². The second kappa shape index (κ2) is 10.3. The van der Waals surface area contributed by atoms with Gasteiger partial charge in [0.05, 0.1) is 39.3 Å². The van der Waals surface area contributed by atoms with Gasteiger partial charge in [0, 0.05) is 29.7 Å². The average Bonchev–Trinajstić information content (AvgIpc) is 3.72. The van der Waals surface area contributed by atoms with Crippen molar-refractivity contribution in [2.24, 2.45) is 0 Å². The van der Waals surface area contributed by atoms with Crippen LogP contribution in [0.1, 0.15) is 50.2 Å². The van der Waals surface area contributed by atoms with Crippen molar-refractivity contribution in [3.8, 4) is 17.2 Å². The fourth-order valence-electron chi connectivity index (χ4n) is 5.82. The van der Waals surface area contributed by atoms with Gasteiger partial charge in [-0.1, -0.05) is 42.5 Å². The molecule has 1 aliphatic rings. The van der Waals surface area contributed by atoms with Gasteiger partial charge in [0.2, 0.25) is 0 Å². The Labute approximate surface area is 247 Å². The smallest absolute Gasteiger partial charge is 0.335 e. The summed E-state index contributed by atoms with van der Waals surface area (Å²) in [5, 5.41) is 24.1. The number of nitrogens with one attached hydrogen (secondary N) is 1. The maximum atomic E-state index is 14.2. The fraction of sp³-hybridized carbons (Fsp3) is 0.111. The Morgan fingerprint density at radius 1 is 0.907 bits per heavy atom. The molecule has 0 aliphatic heterocycles. The third-order valence-electron chi connectivity index (χ3n) is 8.24. The SMILES string of the molecule is N#Cc1cccc(-c2cc(C(=O)NC3(c4ccc(C(=O)O)cc4)CC3)c3c(ccn3Cc3ccc4cccnc4c3)c2)c1. The number of nitrogens with zero attached hydrogens (tertiary/aromatic N) is 3. The Balaban J connectivity index is 1.30. The number of benzene rings is 4. The van der Waals surface area contributed by atoms with Gasteiger partial charge >= 0.3 is 5.97 Å². The second-order valence-electron chi connectivity index (χ2n) is 11.0. The third kappa shape index (κ3) is 4.89. The molecule has 0 unspecified atom stereocenters. The predicted molar refractivity (Wildman–Crippen MR) is 165 cm³/mol. The molecular formula is C36H26N4O3. The molecule has 208 valence electrons. The Bertz CT molecular complexity index is 2100. The Morgan fingerprint density at radius 3 is 2.51 bits per heavy atom. The number of carbonyl (C=O) groups is 2. The van der Waals surface area contributed by atoms with Crippen LogP contribution in [-0.4, -0.2) is 26.5 Å². The van der Waals surface area contributed by atoms with Crippen molar-refractivity contribution in [3.05, 3.63) is 137 Å². The normalized spacial score (nSPS) is 13.5. The van der Waals surface area contributed by atoms with E-state index >= 15 is 0 Å². The maximum Gasteiger partial charge on any atom is 0.335 e. The molecule has 2 aromatic heterocycles. The number of amides is 1. The number of carboxylic acid groups (broad SMARTS) is 1. The molecule has 2 heterocycles. The first kappa shape index (κ1) is 26.2. The monoisotopic (exact) mass is 562 g/mol. The number of hydrogen-bond acceptors (Lipinski definition) is 4. The molecule has 0 radical (unpaired) electrons. The molecule has 0 saturated heterocycles. The number of nitriles is 1. The van der Waals surface area contributed by atoms with Crippen LogP contribution < -0.4 is 5.32 Å². The van der Waals surface area contributed by atoms with Crippen LogP contribution in [0.3, 0.4) is 0 Å². The lowest BCUT2D eigenvalue weighted by molar-refractivity contribution is 0.0696. The molecule has 7 heteroatoms. The van der Waals surface area contributed by atoms with Crippen LogP contribution in [-0.2, 0) is 12.1 Å². The molecule has 1 saturated carbocycles. The van der Waals surface area contributed by atoms with Crippen LogP contribution in [0, 0.1) is 11.3 Å². The van der Waals surface area contributed by atoms with Crippen LogP contribution in [0.2, 0.25) is 0 Å². The lowest BCUT2D eigenvalue weighted by Crippen LogP contribution is -2.35. The highest BCUT2D eigenvalue weighted by Crippen LogP contribution is 2.46. The first-order chi connectivity index (χ1) is 20.9. The molecule has 43 heavy (non-hydrogen) atoms. The first-order valence-electron chi connectivity index (χ1n) is 14.1. The number of aromatic nitrogens is 2. The van der Waals surface area contributed by atoms with Crippen molar-refractivity contribution in [2.45, 2.75) is 24.9 Å². The van der Waals surface area contributed by atoms with E-state index in [4.69, 9.17) is 0 Å². The van der Waals surface area contributed by atoms with Crippen LogP contribution in [0.25, 0.3) is 32.9 Å². The number of hydrogen-bond donors (Lipinski definition) is 2.